The average Bonchev–Trinajstić information content (AvgIpc) is 3.37. The summed E-state index contributed by atoms with van der Waals surface area (Å²) in [7, 11) is 3.11. The quantitative estimate of drug-likeness (QED) is 0.196. The Morgan fingerprint density at radius 2 is 1.98 bits per heavy atom. The van der Waals surface area contributed by atoms with Gasteiger partial charge < -0.3 is 35.4 Å². The van der Waals surface area contributed by atoms with E-state index in [4.69, 9.17) is 10.00 Å². The van der Waals surface area contributed by atoms with Crippen molar-refractivity contribution in [2.45, 2.75) is 63.3 Å². The van der Waals surface area contributed by atoms with Gasteiger partial charge in [0, 0.05) is 32.9 Å². The van der Waals surface area contributed by atoms with Gasteiger partial charge in [-0.05, 0) is 37.7 Å². The molecule has 0 spiro atoms. The number of likely N-dealkylation sites (tertiary alicyclic amines) is 1. The number of esters is 1. The summed E-state index contributed by atoms with van der Waals surface area (Å²) in [5, 5.41) is 33.9. The van der Waals surface area contributed by atoms with E-state index in [1.807, 2.05) is 18.0 Å². The molecule has 5 atom stereocenters. The number of aromatic nitrogens is 3. The minimum atomic E-state index is -1.13. The van der Waals surface area contributed by atoms with Crippen molar-refractivity contribution in [1.29, 1.82) is 5.26 Å². The van der Waals surface area contributed by atoms with Crippen molar-refractivity contribution in [3.63, 3.8) is 0 Å². The largest absolute Gasteiger partial charge is 0.467 e. The molecule has 232 valence electrons. The summed E-state index contributed by atoms with van der Waals surface area (Å²) in [6.07, 6.45) is 2.62. The molecule has 2 aromatic heterocycles. The second-order valence-corrected chi connectivity index (χ2v) is 11.1. The Morgan fingerprint density at radius 1 is 1.23 bits per heavy atom. The number of aliphatic hydroxyl groups excluding tert-OH is 2. The molecule has 43 heavy (non-hydrogen) atoms. The van der Waals surface area contributed by atoms with Crippen LogP contribution in [0.1, 0.15) is 39.0 Å². The standard InChI is InChI=1S/C28H38N8O7/c1-16-8-12-35(20(37)7-10-29)14-19(16)34(2)24-17-9-13-36(25(17)32-15-31-24)28(42)30-11-5-4-6-18(27(41)43-3)33-26(40)21-22(38)23(21)39/h9,13,15-16,18-19,21-23,38-39H,4-8,11-12,14H2,1-3H3,(H,30,42)(H,33,40)/t16-,18?,19+,21?,22?,23?/m1/s1. The molecular weight excluding hydrogens is 560 g/mol. The summed E-state index contributed by atoms with van der Waals surface area (Å²) < 4.78 is 6.15. The highest BCUT2D eigenvalue weighted by Crippen LogP contribution is 2.31. The SMILES string of the molecule is COC(=O)C(CCCCNC(=O)n1ccc2c(N(C)[C@H]3CN(C(=O)CC#N)CC[C@H]3C)ncnc21)NC(=O)C1C(O)C1O. The first-order chi connectivity index (χ1) is 20.6. The van der Waals surface area contributed by atoms with Crippen LogP contribution in [-0.4, -0.2) is 112 Å². The van der Waals surface area contributed by atoms with Gasteiger partial charge in [-0.1, -0.05) is 6.92 Å². The molecule has 0 radical (unpaired) electrons. The Balaban J connectivity index is 1.33. The number of ether oxygens (including phenoxy) is 1. The maximum absolute atomic E-state index is 13.0. The summed E-state index contributed by atoms with van der Waals surface area (Å²) in [5.41, 5.74) is 0.424. The van der Waals surface area contributed by atoms with E-state index >= 15 is 0 Å². The monoisotopic (exact) mass is 598 g/mol. The van der Waals surface area contributed by atoms with Crippen LogP contribution in [0.2, 0.25) is 0 Å². The van der Waals surface area contributed by atoms with Crippen LogP contribution in [0.25, 0.3) is 11.0 Å². The predicted molar refractivity (Wildman–Crippen MR) is 152 cm³/mol. The number of nitriles is 1. The second-order valence-electron chi connectivity index (χ2n) is 11.1. The lowest BCUT2D eigenvalue weighted by atomic mass is 9.92. The van der Waals surface area contributed by atoms with E-state index in [9.17, 15) is 29.4 Å². The van der Waals surface area contributed by atoms with Gasteiger partial charge in [-0.2, -0.15) is 5.26 Å². The van der Waals surface area contributed by atoms with Crippen molar-refractivity contribution in [1.82, 2.24) is 30.1 Å². The molecule has 3 unspecified atom stereocenters. The van der Waals surface area contributed by atoms with E-state index in [1.54, 1.807) is 17.2 Å². The van der Waals surface area contributed by atoms with E-state index in [0.717, 1.165) is 6.42 Å². The molecule has 2 aliphatic rings. The number of nitrogens with one attached hydrogen (secondary N) is 2. The van der Waals surface area contributed by atoms with Crippen LogP contribution in [0.15, 0.2) is 18.6 Å². The summed E-state index contributed by atoms with van der Waals surface area (Å²) in [4.78, 5) is 62.1. The molecule has 1 saturated carbocycles. The molecule has 4 N–H and O–H groups in total. The van der Waals surface area contributed by atoms with E-state index in [1.165, 1.54) is 18.0 Å². The third-order valence-corrected chi connectivity index (χ3v) is 8.26. The van der Waals surface area contributed by atoms with E-state index < -0.39 is 42.1 Å². The lowest BCUT2D eigenvalue weighted by Crippen LogP contribution is -2.52. The number of methoxy groups -OCH3 is 1. The predicted octanol–water partition coefficient (Wildman–Crippen LogP) is -0.244. The summed E-state index contributed by atoms with van der Waals surface area (Å²) in [5.74, 6) is -1.49. The minimum absolute atomic E-state index is 0.0373. The van der Waals surface area contributed by atoms with Gasteiger partial charge in [0.1, 0.15) is 24.6 Å². The molecule has 1 aliphatic carbocycles. The smallest absolute Gasteiger partial charge is 0.328 e. The second kappa shape index (κ2) is 13.8. The highest BCUT2D eigenvalue weighted by Gasteiger charge is 2.54. The number of rotatable bonds is 11. The van der Waals surface area contributed by atoms with Gasteiger partial charge in [0.25, 0.3) is 0 Å². The van der Waals surface area contributed by atoms with Crippen LogP contribution in [0.4, 0.5) is 10.6 Å². The Kier molecular flexibility index (Phi) is 10.1. The first-order valence-corrected chi connectivity index (χ1v) is 14.3. The lowest BCUT2D eigenvalue weighted by molar-refractivity contribution is -0.145. The van der Waals surface area contributed by atoms with Gasteiger partial charge in [-0.25, -0.2) is 19.6 Å². The van der Waals surface area contributed by atoms with Gasteiger partial charge >= 0.3 is 12.0 Å². The molecule has 3 heterocycles. The van der Waals surface area contributed by atoms with E-state index in [2.05, 4.69) is 27.5 Å². The molecule has 2 aromatic rings. The van der Waals surface area contributed by atoms with Crippen molar-refractivity contribution in [2.75, 3.05) is 38.7 Å². The fourth-order valence-electron chi connectivity index (χ4n) is 5.50. The number of anilines is 1. The molecule has 15 nitrogen and oxygen atoms in total. The van der Waals surface area contributed by atoms with Crippen LogP contribution < -0.4 is 15.5 Å². The topological polar surface area (TPSA) is 203 Å². The minimum Gasteiger partial charge on any atom is -0.467 e. The average molecular weight is 599 g/mol. The van der Waals surface area contributed by atoms with Crippen LogP contribution in [0, 0.1) is 23.2 Å². The maximum Gasteiger partial charge on any atom is 0.328 e. The Bertz CT molecular complexity index is 1380. The molecule has 0 aromatic carbocycles. The molecule has 4 rings (SSSR count). The van der Waals surface area contributed by atoms with Crippen molar-refractivity contribution in [2.24, 2.45) is 11.8 Å². The zero-order valence-electron chi connectivity index (χ0n) is 24.5. The summed E-state index contributed by atoms with van der Waals surface area (Å²) in [6, 6.07) is 2.33. The molecule has 3 amide bonds. The molecular formula is C28H38N8O7. The number of carbonyl (C=O) groups excluding carboxylic acids is 4. The van der Waals surface area contributed by atoms with Crippen molar-refractivity contribution in [3.8, 4) is 6.07 Å². The van der Waals surface area contributed by atoms with Gasteiger partial charge in [0.05, 0.1) is 42.7 Å². The number of hydrogen-bond acceptors (Lipinski definition) is 11. The van der Waals surface area contributed by atoms with Crippen LogP contribution in [0.5, 0.6) is 0 Å². The van der Waals surface area contributed by atoms with Crippen molar-refractivity contribution >= 4 is 40.7 Å². The number of nitrogens with zero attached hydrogens (tertiary/aromatic N) is 6. The number of carbonyl (C=O) groups is 4. The fraction of sp³-hybridized carbons (Fsp3) is 0.607. The zero-order valence-corrected chi connectivity index (χ0v) is 24.5. The number of fused-ring (bicyclic) bond motifs is 1. The molecule has 2 fully saturated rings. The van der Waals surface area contributed by atoms with Crippen LogP contribution in [0.3, 0.4) is 0 Å². The van der Waals surface area contributed by atoms with Crippen molar-refractivity contribution in [3.05, 3.63) is 18.6 Å². The fourth-order valence-corrected chi connectivity index (χ4v) is 5.50. The van der Waals surface area contributed by atoms with E-state index in [-0.39, 0.29) is 30.7 Å². The molecule has 0 bridgehead atoms. The lowest BCUT2D eigenvalue weighted by Gasteiger charge is -2.42. The normalized spacial score (nSPS) is 23.6. The molecule has 1 aliphatic heterocycles. The summed E-state index contributed by atoms with van der Waals surface area (Å²) in [6.45, 7) is 3.49. The third kappa shape index (κ3) is 7.03. The maximum atomic E-state index is 13.0. The highest BCUT2D eigenvalue weighted by molar-refractivity contribution is 5.95. The highest BCUT2D eigenvalue weighted by atomic mass is 16.5. The third-order valence-electron chi connectivity index (χ3n) is 8.26. The first kappa shape index (κ1) is 31.6. The number of hydrogen-bond donors (Lipinski definition) is 4. The van der Waals surface area contributed by atoms with Crippen LogP contribution in [-0.2, 0) is 19.1 Å². The first-order valence-electron chi connectivity index (χ1n) is 14.3. The van der Waals surface area contributed by atoms with Gasteiger partial charge in [0.15, 0.2) is 5.65 Å². The van der Waals surface area contributed by atoms with E-state index in [0.29, 0.717) is 49.3 Å². The molecule has 1 saturated heterocycles. The number of unbranched alkanes of at least 4 members (excludes halogenated alkanes) is 1. The van der Waals surface area contributed by atoms with Crippen molar-refractivity contribution < 1.29 is 34.1 Å². The van der Waals surface area contributed by atoms with Gasteiger partial charge in [0.2, 0.25) is 11.8 Å². The Hall–Kier alpha value is -4.29. The van der Waals surface area contributed by atoms with Gasteiger partial charge in [-0.15, -0.1) is 0 Å². The number of piperidine rings is 1. The Morgan fingerprint density at radius 3 is 2.65 bits per heavy atom. The van der Waals surface area contributed by atoms with Crippen LogP contribution >= 0.6 is 0 Å². The van der Waals surface area contributed by atoms with Gasteiger partial charge in [-0.3, -0.25) is 14.2 Å². The molecule has 15 heteroatoms. The number of likely N-dealkylation sites (N-methyl/N-ethyl adjacent to an activating group) is 1. The zero-order chi connectivity index (χ0) is 31.3. The summed E-state index contributed by atoms with van der Waals surface area (Å²) >= 11 is 0. The Labute approximate surface area is 248 Å². The number of amides is 3. The number of aliphatic hydroxyl groups is 2.